The Hall–Kier alpha value is -3.89. The monoisotopic (exact) mass is 428 g/mol. The third-order valence-corrected chi connectivity index (χ3v) is 4.99. The molecule has 3 aromatic rings. The number of benzene rings is 1. The Labute approximate surface area is 178 Å². The van der Waals surface area contributed by atoms with Crippen LogP contribution in [0.5, 0.6) is 11.5 Å². The summed E-state index contributed by atoms with van der Waals surface area (Å²) in [6.07, 6.45) is 1.14. The average Bonchev–Trinajstić information content (AvgIpc) is 3.22. The molecule has 0 saturated carbocycles. The van der Waals surface area contributed by atoms with Crippen LogP contribution in [0.3, 0.4) is 0 Å². The van der Waals surface area contributed by atoms with Gasteiger partial charge in [0.05, 0.1) is 42.8 Å². The Bertz CT molecular complexity index is 1130. The minimum Gasteiger partial charge on any atom is -0.493 e. The van der Waals surface area contributed by atoms with Crippen molar-refractivity contribution in [3.05, 3.63) is 57.2 Å². The fourth-order valence-corrected chi connectivity index (χ4v) is 3.27. The Balaban J connectivity index is 1.75. The Morgan fingerprint density at radius 3 is 2.45 bits per heavy atom. The van der Waals surface area contributed by atoms with Crippen LogP contribution in [0, 0.1) is 30.9 Å². The van der Waals surface area contributed by atoms with Crippen molar-refractivity contribution >= 4 is 17.3 Å². The molecule has 0 aliphatic rings. The molecule has 11 heteroatoms. The van der Waals surface area contributed by atoms with Gasteiger partial charge in [-0.1, -0.05) is 6.07 Å². The number of nitrogens with one attached hydrogen (secondary N) is 1. The van der Waals surface area contributed by atoms with Gasteiger partial charge in [-0.25, -0.2) is 0 Å². The van der Waals surface area contributed by atoms with Gasteiger partial charge in [0, 0.05) is 0 Å². The SMILES string of the molecule is COc1ccc(Cn2nc(C)c(NC(=O)Cn3ncc([N+](=O)[O-])c3C)c2C)cc1OC. The predicted octanol–water partition coefficient (Wildman–Crippen LogP) is 2.62. The lowest BCUT2D eigenvalue weighted by Crippen LogP contribution is -2.21. The topological polar surface area (TPSA) is 126 Å². The molecule has 2 aromatic heterocycles. The van der Waals surface area contributed by atoms with Crippen LogP contribution in [0.2, 0.25) is 0 Å². The number of nitro groups is 1. The zero-order valence-electron chi connectivity index (χ0n) is 18.0. The van der Waals surface area contributed by atoms with Crippen molar-refractivity contribution < 1.29 is 19.2 Å². The number of aromatic nitrogens is 4. The van der Waals surface area contributed by atoms with Gasteiger partial charge in [-0.05, 0) is 38.5 Å². The van der Waals surface area contributed by atoms with Crippen LogP contribution in [-0.2, 0) is 17.9 Å². The van der Waals surface area contributed by atoms with E-state index in [0.29, 0.717) is 35.1 Å². The summed E-state index contributed by atoms with van der Waals surface area (Å²) < 4.78 is 13.7. The molecule has 0 unspecified atom stereocenters. The van der Waals surface area contributed by atoms with Crippen molar-refractivity contribution in [1.29, 1.82) is 0 Å². The second-order valence-corrected chi connectivity index (χ2v) is 6.97. The third kappa shape index (κ3) is 4.49. The molecule has 0 fully saturated rings. The van der Waals surface area contributed by atoms with Gasteiger partial charge in [0.2, 0.25) is 5.91 Å². The highest BCUT2D eigenvalue weighted by atomic mass is 16.6. The first-order chi connectivity index (χ1) is 14.7. The number of aryl methyl sites for hydroxylation is 1. The van der Waals surface area contributed by atoms with Gasteiger partial charge in [0.25, 0.3) is 0 Å². The van der Waals surface area contributed by atoms with E-state index in [2.05, 4.69) is 15.5 Å². The molecule has 1 N–H and O–H groups in total. The highest BCUT2D eigenvalue weighted by molar-refractivity contribution is 5.91. The molecule has 0 bridgehead atoms. The zero-order valence-corrected chi connectivity index (χ0v) is 18.0. The highest BCUT2D eigenvalue weighted by Crippen LogP contribution is 2.28. The van der Waals surface area contributed by atoms with Crippen LogP contribution in [0.25, 0.3) is 0 Å². The van der Waals surface area contributed by atoms with E-state index >= 15 is 0 Å². The van der Waals surface area contributed by atoms with E-state index in [0.717, 1.165) is 17.5 Å². The Morgan fingerprint density at radius 2 is 1.84 bits per heavy atom. The van der Waals surface area contributed by atoms with Crippen LogP contribution < -0.4 is 14.8 Å². The number of rotatable bonds is 8. The van der Waals surface area contributed by atoms with Crippen molar-refractivity contribution in [1.82, 2.24) is 19.6 Å². The molecule has 0 aliphatic carbocycles. The first-order valence-electron chi connectivity index (χ1n) is 9.46. The number of amides is 1. The number of ether oxygens (including phenoxy) is 2. The summed E-state index contributed by atoms with van der Waals surface area (Å²) in [5, 5.41) is 22.3. The highest BCUT2D eigenvalue weighted by Gasteiger charge is 2.20. The summed E-state index contributed by atoms with van der Waals surface area (Å²) in [4.78, 5) is 23.0. The van der Waals surface area contributed by atoms with Gasteiger partial charge in [0.15, 0.2) is 11.5 Å². The molecule has 1 amide bonds. The van der Waals surface area contributed by atoms with Crippen molar-refractivity contribution in [3.63, 3.8) is 0 Å². The maximum absolute atomic E-state index is 12.5. The van der Waals surface area contributed by atoms with Crippen molar-refractivity contribution in [2.24, 2.45) is 0 Å². The van der Waals surface area contributed by atoms with Gasteiger partial charge in [-0.2, -0.15) is 10.2 Å². The van der Waals surface area contributed by atoms with Crippen LogP contribution >= 0.6 is 0 Å². The first kappa shape index (κ1) is 21.8. The van der Waals surface area contributed by atoms with E-state index in [9.17, 15) is 14.9 Å². The largest absolute Gasteiger partial charge is 0.493 e. The molecule has 2 heterocycles. The molecule has 1 aromatic carbocycles. The number of hydrogen-bond donors (Lipinski definition) is 1. The molecule has 0 atom stereocenters. The normalized spacial score (nSPS) is 10.7. The summed E-state index contributed by atoms with van der Waals surface area (Å²) in [6, 6.07) is 5.62. The summed E-state index contributed by atoms with van der Waals surface area (Å²) in [5.41, 5.74) is 3.20. The standard InChI is InChI=1S/C20H24N6O5/c1-12-20(22-19(27)11-24-13(2)16(9-21-24)26(28)29)14(3)25(23-12)10-15-6-7-17(30-4)18(8-15)31-5/h6-9H,10-11H2,1-5H3,(H,22,27). The van der Waals surface area contributed by atoms with E-state index in [1.807, 2.05) is 25.1 Å². The first-order valence-corrected chi connectivity index (χ1v) is 9.46. The molecule has 0 spiro atoms. The Kier molecular flexibility index (Phi) is 6.23. The molecule has 31 heavy (non-hydrogen) atoms. The summed E-state index contributed by atoms with van der Waals surface area (Å²) >= 11 is 0. The van der Waals surface area contributed by atoms with E-state index in [1.165, 1.54) is 4.68 Å². The molecular weight excluding hydrogens is 404 g/mol. The average molecular weight is 428 g/mol. The number of anilines is 1. The smallest absolute Gasteiger partial charge is 0.309 e. The van der Waals surface area contributed by atoms with E-state index in [1.54, 1.807) is 32.7 Å². The number of methoxy groups -OCH3 is 2. The van der Waals surface area contributed by atoms with Gasteiger partial charge in [0.1, 0.15) is 18.4 Å². The minimum absolute atomic E-state index is 0.122. The summed E-state index contributed by atoms with van der Waals surface area (Å²) in [7, 11) is 3.16. The lowest BCUT2D eigenvalue weighted by molar-refractivity contribution is -0.385. The fraction of sp³-hybridized carbons (Fsp3) is 0.350. The van der Waals surface area contributed by atoms with Crippen LogP contribution in [0.1, 0.15) is 22.6 Å². The summed E-state index contributed by atoms with van der Waals surface area (Å²) in [5.74, 6) is 0.915. The van der Waals surface area contributed by atoms with Crippen LogP contribution in [-0.4, -0.2) is 44.6 Å². The second-order valence-electron chi connectivity index (χ2n) is 6.97. The van der Waals surface area contributed by atoms with E-state index in [4.69, 9.17) is 9.47 Å². The lowest BCUT2D eigenvalue weighted by atomic mass is 10.2. The Morgan fingerprint density at radius 1 is 1.13 bits per heavy atom. The summed E-state index contributed by atoms with van der Waals surface area (Å²) in [6.45, 7) is 5.56. The minimum atomic E-state index is -0.525. The van der Waals surface area contributed by atoms with Crippen molar-refractivity contribution in [3.8, 4) is 11.5 Å². The van der Waals surface area contributed by atoms with Crippen molar-refractivity contribution in [2.75, 3.05) is 19.5 Å². The third-order valence-electron chi connectivity index (χ3n) is 4.99. The van der Waals surface area contributed by atoms with Gasteiger partial charge in [-0.3, -0.25) is 24.3 Å². The molecule has 0 aliphatic heterocycles. The molecule has 164 valence electrons. The van der Waals surface area contributed by atoms with Crippen molar-refractivity contribution in [2.45, 2.75) is 33.9 Å². The predicted molar refractivity (Wildman–Crippen MR) is 113 cm³/mol. The molecule has 3 rings (SSSR count). The number of carbonyl (C=O) groups excluding carboxylic acids is 1. The van der Waals surface area contributed by atoms with Gasteiger partial charge in [-0.15, -0.1) is 0 Å². The number of carbonyl (C=O) groups is 1. The van der Waals surface area contributed by atoms with Gasteiger partial charge < -0.3 is 14.8 Å². The zero-order chi connectivity index (χ0) is 22.7. The van der Waals surface area contributed by atoms with Gasteiger partial charge >= 0.3 is 5.69 Å². The maximum Gasteiger partial charge on any atom is 0.309 e. The second kappa shape index (κ2) is 8.86. The van der Waals surface area contributed by atoms with Crippen LogP contribution in [0.15, 0.2) is 24.4 Å². The van der Waals surface area contributed by atoms with E-state index < -0.39 is 4.92 Å². The fourth-order valence-electron chi connectivity index (χ4n) is 3.27. The number of hydrogen-bond acceptors (Lipinski definition) is 7. The molecule has 0 radical (unpaired) electrons. The van der Waals surface area contributed by atoms with Crippen LogP contribution in [0.4, 0.5) is 11.4 Å². The molecular formula is C20H24N6O5. The molecule has 0 saturated heterocycles. The lowest BCUT2D eigenvalue weighted by Gasteiger charge is -2.11. The number of nitrogens with zero attached hydrogens (tertiary/aromatic N) is 5. The van der Waals surface area contributed by atoms with E-state index in [-0.39, 0.29) is 18.1 Å². The maximum atomic E-state index is 12.5. The molecule has 11 nitrogen and oxygen atoms in total. The quantitative estimate of drug-likeness (QED) is 0.432.